The molecule has 0 radical (unpaired) electrons. The Morgan fingerprint density at radius 1 is 1.23 bits per heavy atom. The molecule has 1 aromatic heterocycles. The highest BCUT2D eigenvalue weighted by molar-refractivity contribution is 6.09. The molecule has 1 amide bonds. The van der Waals surface area contributed by atoms with Crippen molar-refractivity contribution in [3.8, 4) is 5.75 Å². The standard InChI is InChI=1S/C19H14F2N2O3/c1-2-9-23-15-6-4-3-5-12(15)17(24)16(19(23)26)18(25)22-14-8-7-11(20)10-13(14)21/h2-8,10,24H,1,9H2,(H,22,25). The highest BCUT2D eigenvalue weighted by Crippen LogP contribution is 2.27. The van der Waals surface area contributed by atoms with E-state index in [9.17, 15) is 23.5 Å². The van der Waals surface area contributed by atoms with E-state index in [1.54, 1.807) is 24.3 Å². The number of fused-ring (bicyclic) bond motifs is 1. The minimum absolute atomic E-state index is 0.116. The number of nitrogens with zero attached hydrogens (tertiary/aromatic N) is 1. The van der Waals surface area contributed by atoms with E-state index in [1.165, 1.54) is 10.6 Å². The number of halogens is 2. The molecule has 26 heavy (non-hydrogen) atoms. The van der Waals surface area contributed by atoms with Gasteiger partial charge >= 0.3 is 0 Å². The van der Waals surface area contributed by atoms with Crippen LogP contribution in [0.15, 0.2) is 59.9 Å². The van der Waals surface area contributed by atoms with Crippen LogP contribution < -0.4 is 10.9 Å². The molecule has 7 heteroatoms. The second-order valence-corrected chi connectivity index (χ2v) is 5.52. The number of nitrogens with one attached hydrogen (secondary N) is 1. The van der Waals surface area contributed by atoms with Crippen LogP contribution in [0.5, 0.6) is 5.75 Å². The van der Waals surface area contributed by atoms with Gasteiger partial charge in [-0.15, -0.1) is 6.58 Å². The topological polar surface area (TPSA) is 71.3 Å². The average Bonchev–Trinajstić information content (AvgIpc) is 2.61. The maximum Gasteiger partial charge on any atom is 0.268 e. The number of para-hydroxylation sites is 1. The van der Waals surface area contributed by atoms with Crippen LogP contribution in [0.25, 0.3) is 10.9 Å². The van der Waals surface area contributed by atoms with E-state index in [1.807, 2.05) is 0 Å². The van der Waals surface area contributed by atoms with Crippen molar-refractivity contribution in [1.29, 1.82) is 0 Å². The highest BCUT2D eigenvalue weighted by atomic mass is 19.1. The molecule has 0 bridgehead atoms. The zero-order valence-electron chi connectivity index (χ0n) is 13.5. The molecule has 0 fully saturated rings. The van der Waals surface area contributed by atoms with Crippen molar-refractivity contribution < 1.29 is 18.7 Å². The third-order valence-corrected chi connectivity index (χ3v) is 3.86. The SMILES string of the molecule is C=CCn1c(=O)c(C(=O)Nc2ccc(F)cc2F)c(O)c2ccccc21. The van der Waals surface area contributed by atoms with Gasteiger partial charge in [-0.25, -0.2) is 8.78 Å². The third-order valence-electron chi connectivity index (χ3n) is 3.86. The van der Waals surface area contributed by atoms with Crippen molar-refractivity contribution in [2.24, 2.45) is 0 Å². The average molecular weight is 356 g/mol. The van der Waals surface area contributed by atoms with Gasteiger partial charge in [-0.3, -0.25) is 9.59 Å². The quantitative estimate of drug-likeness (QED) is 0.704. The molecule has 2 N–H and O–H groups in total. The fourth-order valence-corrected chi connectivity index (χ4v) is 2.68. The monoisotopic (exact) mass is 356 g/mol. The lowest BCUT2D eigenvalue weighted by atomic mass is 10.1. The van der Waals surface area contributed by atoms with Gasteiger partial charge in [0, 0.05) is 18.0 Å². The molecule has 3 aromatic rings. The number of allylic oxidation sites excluding steroid dienone is 1. The zero-order valence-corrected chi connectivity index (χ0v) is 13.5. The summed E-state index contributed by atoms with van der Waals surface area (Å²) in [4.78, 5) is 25.2. The van der Waals surface area contributed by atoms with Gasteiger partial charge < -0.3 is 15.0 Å². The van der Waals surface area contributed by atoms with E-state index in [0.29, 0.717) is 17.0 Å². The molecule has 1 heterocycles. The Morgan fingerprint density at radius 3 is 2.65 bits per heavy atom. The second-order valence-electron chi connectivity index (χ2n) is 5.52. The van der Waals surface area contributed by atoms with Gasteiger partial charge in [-0.1, -0.05) is 18.2 Å². The molecule has 3 rings (SSSR count). The molecule has 0 spiro atoms. The lowest BCUT2D eigenvalue weighted by molar-refractivity contribution is 0.102. The smallest absolute Gasteiger partial charge is 0.268 e. The number of rotatable bonds is 4. The number of aromatic nitrogens is 1. The van der Waals surface area contributed by atoms with Crippen molar-refractivity contribution >= 4 is 22.5 Å². The van der Waals surface area contributed by atoms with Crippen LogP contribution in [0, 0.1) is 11.6 Å². The number of hydrogen-bond donors (Lipinski definition) is 2. The van der Waals surface area contributed by atoms with Crippen molar-refractivity contribution in [1.82, 2.24) is 4.57 Å². The molecule has 0 atom stereocenters. The second kappa shape index (κ2) is 6.79. The molecule has 132 valence electrons. The molecular formula is C19H14F2N2O3. The van der Waals surface area contributed by atoms with Gasteiger partial charge in [0.1, 0.15) is 22.9 Å². The van der Waals surface area contributed by atoms with E-state index < -0.39 is 34.4 Å². The molecule has 2 aromatic carbocycles. The number of carbonyl (C=O) groups is 1. The van der Waals surface area contributed by atoms with Crippen LogP contribution in [0.4, 0.5) is 14.5 Å². The fourth-order valence-electron chi connectivity index (χ4n) is 2.68. The first kappa shape index (κ1) is 17.3. The van der Waals surface area contributed by atoms with E-state index in [-0.39, 0.29) is 12.2 Å². The van der Waals surface area contributed by atoms with Crippen LogP contribution >= 0.6 is 0 Å². The molecule has 0 unspecified atom stereocenters. The molecule has 0 aliphatic heterocycles. The van der Waals surface area contributed by atoms with Gasteiger partial charge in [0.15, 0.2) is 0 Å². The summed E-state index contributed by atoms with van der Waals surface area (Å²) in [5.41, 5.74) is -1.16. The van der Waals surface area contributed by atoms with Crippen LogP contribution in [0.1, 0.15) is 10.4 Å². The fraction of sp³-hybridized carbons (Fsp3) is 0.0526. The number of aromatic hydroxyl groups is 1. The Bertz CT molecular complexity index is 1090. The Hall–Kier alpha value is -3.48. The lowest BCUT2D eigenvalue weighted by Crippen LogP contribution is -2.29. The van der Waals surface area contributed by atoms with Gasteiger partial charge in [0.05, 0.1) is 11.2 Å². The van der Waals surface area contributed by atoms with Crippen LogP contribution in [0.2, 0.25) is 0 Å². The molecular weight excluding hydrogens is 342 g/mol. The zero-order chi connectivity index (χ0) is 18.8. The van der Waals surface area contributed by atoms with E-state index >= 15 is 0 Å². The number of hydrogen-bond acceptors (Lipinski definition) is 3. The van der Waals surface area contributed by atoms with Crippen molar-refractivity contribution in [2.75, 3.05) is 5.32 Å². The summed E-state index contributed by atoms with van der Waals surface area (Å²) >= 11 is 0. The summed E-state index contributed by atoms with van der Waals surface area (Å²) in [5, 5.41) is 12.9. The van der Waals surface area contributed by atoms with Gasteiger partial charge in [-0.2, -0.15) is 0 Å². The number of benzene rings is 2. The number of pyridine rings is 1. The highest BCUT2D eigenvalue weighted by Gasteiger charge is 2.22. The maximum absolute atomic E-state index is 13.8. The van der Waals surface area contributed by atoms with E-state index in [4.69, 9.17) is 0 Å². The summed E-state index contributed by atoms with van der Waals surface area (Å²) in [6, 6.07) is 9.12. The predicted molar refractivity (Wildman–Crippen MR) is 94.4 cm³/mol. The Morgan fingerprint density at radius 2 is 1.96 bits per heavy atom. The Balaban J connectivity index is 2.16. The van der Waals surface area contributed by atoms with Gasteiger partial charge in [-0.05, 0) is 24.3 Å². The first-order valence-corrected chi connectivity index (χ1v) is 7.66. The van der Waals surface area contributed by atoms with Crippen molar-refractivity contribution in [3.63, 3.8) is 0 Å². The number of carbonyl (C=O) groups excluding carboxylic acids is 1. The van der Waals surface area contributed by atoms with Crippen molar-refractivity contribution in [2.45, 2.75) is 6.54 Å². The minimum atomic E-state index is -0.999. The Kier molecular flexibility index (Phi) is 4.53. The van der Waals surface area contributed by atoms with Crippen molar-refractivity contribution in [3.05, 3.63) is 82.7 Å². The third kappa shape index (κ3) is 2.95. The van der Waals surface area contributed by atoms with Crippen LogP contribution in [-0.4, -0.2) is 15.6 Å². The molecule has 0 aliphatic carbocycles. The van der Waals surface area contributed by atoms with E-state index in [2.05, 4.69) is 11.9 Å². The molecule has 0 saturated carbocycles. The summed E-state index contributed by atoms with van der Waals surface area (Å²) < 4.78 is 28.0. The lowest BCUT2D eigenvalue weighted by Gasteiger charge is -2.14. The van der Waals surface area contributed by atoms with Crippen LogP contribution in [-0.2, 0) is 6.54 Å². The van der Waals surface area contributed by atoms with Gasteiger partial charge in [0.2, 0.25) is 0 Å². The Labute approximate surface area is 146 Å². The normalized spacial score (nSPS) is 10.7. The molecule has 0 saturated heterocycles. The first-order chi connectivity index (χ1) is 12.4. The largest absolute Gasteiger partial charge is 0.506 e. The summed E-state index contributed by atoms with van der Waals surface area (Å²) in [7, 11) is 0. The first-order valence-electron chi connectivity index (χ1n) is 7.66. The predicted octanol–water partition coefficient (Wildman–Crippen LogP) is 3.42. The number of amides is 1. The van der Waals surface area contributed by atoms with Gasteiger partial charge in [0.25, 0.3) is 11.5 Å². The van der Waals surface area contributed by atoms with E-state index in [0.717, 1.165) is 12.1 Å². The number of anilines is 1. The molecule has 0 aliphatic rings. The maximum atomic E-state index is 13.8. The van der Waals surface area contributed by atoms with Crippen LogP contribution in [0.3, 0.4) is 0 Å². The molecule has 5 nitrogen and oxygen atoms in total. The summed E-state index contributed by atoms with van der Waals surface area (Å²) in [6.07, 6.45) is 1.48. The summed E-state index contributed by atoms with van der Waals surface area (Å²) in [6.45, 7) is 3.70. The minimum Gasteiger partial charge on any atom is -0.506 e. The summed E-state index contributed by atoms with van der Waals surface area (Å²) in [5.74, 6) is -3.31.